The van der Waals surface area contributed by atoms with Crippen molar-refractivity contribution in [3.63, 3.8) is 0 Å². The van der Waals surface area contributed by atoms with Crippen molar-refractivity contribution < 1.29 is 19.0 Å². The van der Waals surface area contributed by atoms with Crippen LogP contribution in [0.2, 0.25) is 0 Å². The molecule has 0 fully saturated rings. The Labute approximate surface area is 150 Å². The van der Waals surface area contributed by atoms with Gasteiger partial charge in [-0.2, -0.15) is 0 Å². The fourth-order valence-electron chi connectivity index (χ4n) is 2.23. The Morgan fingerprint density at radius 2 is 1.62 bits per heavy atom. The molecule has 0 radical (unpaired) electrons. The van der Waals surface area contributed by atoms with Crippen molar-refractivity contribution in [1.29, 1.82) is 0 Å². The first-order chi connectivity index (χ1) is 12.7. The van der Waals surface area contributed by atoms with E-state index < -0.39 is 0 Å². The number of nitrogens with one attached hydrogen (secondary N) is 1. The first-order valence-electron chi connectivity index (χ1n) is 7.78. The summed E-state index contributed by atoms with van der Waals surface area (Å²) in [6.07, 6.45) is 3.19. The van der Waals surface area contributed by atoms with Crippen LogP contribution in [-0.4, -0.2) is 30.1 Å². The average Bonchev–Trinajstić information content (AvgIpc) is 2.69. The summed E-state index contributed by atoms with van der Waals surface area (Å²) in [7, 11) is 3.07. The second-order valence-corrected chi connectivity index (χ2v) is 5.18. The van der Waals surface area contributed by atoms with E-state index in [9.17, 15) is 4.79 Å². The van der Waals surface area contributed by atoms with E-state index in [1.165, 1.54) is 7.11 Å². The number of rotatable bonds is 6. The molecule has 0 bridgehead atoms. The van der Waals surface area contributed by atoms with Crippen molar-refractivity contribution in [2.24, 2.45) is 0 Å². The van der Waals surface area contributed by atoms with Gasteiger partial charge < -0.3 is 19.5 Å². The molecule has 3 aromatic rings. The van der Waals surface area contributed by atoms with Gasteiger partial charge in [0.15, 0.2) is 11.5 Å². The maximum absolute atomic E-state index is 12.4. The zero-order valence-electron chi connectivity index (χ0n) is 14.3. The zero-order valence-corrected chi connectivity index (χ0v) is 14.3. The molecule has 1 amide bonds. The van der Waals surface area contributed by atoms with Crippen LogP contribution >= 0.6 is 0 Å². The number of nitrogens with zero attached hydrogens (tertiary/aromatic N) is 2. The van der Waals surface area contributed by atoms with Gasteiger partial charge in [0.2, 0.25) is 0 Å². The Kier molecular flexibility index (Phi) is 5.28. The molecule has 2 aromatic carbocycles. The summed E-state index contributed by atoms with van der Waals surface area (Å²) >= 11 is 0. The molecule has 7 nitrogen and oxygen atoms in total. The third-order valence-corrected chi connectivity index (χ3v) is 3.51. The SMILES string of the molecule is COc1ccc(C(=O)Nc2ccc(Oc3ncccn3)cc2)cc1OC. The van der Waals surface area contributed by atoms with Gasteiger partial charge >= 0.3 is 6.01 Å². The second-order valence-electron chi connectivity index (χ2n) is 5.18. The van der Waals surface area contributed by atoms with Crippen molar-refractivity contribution in [3.8, 4) is 23.3 Å². The fourth-order valence-corrected chi connectivity index (χ4v) is 2.23. The first-order valence-corrected chi connectivity index (χ1v) is 7.78. The Morgan fingerprint density at radius 1 is 0.923 bits per heavy atom. The maximum atomic E-state index is 12.4. The molecule has 0 aliphatic rings. The number of amides is 1. The minimum atomic E-state index is -0.258. The van der Waals surface area contributed by atoms with E-state index in [1.54, 1.807) is 68.0 Å². The van der Waals surface area contributed by atoms with Gasteiger partial charge in [0.05, 0.1) is 14.2 Å². The van der Waals surface area contributed by atoms with Gasteiger partial charge in [-0.3, -0.25) is 4.79 Å². The molecule has 26 heavy (non-hydrogen) atoms. The maximum Gasteiger partial charge on any atom is 0.321 e. The van der Waals surface area contributed by atoms with E-state index >= 15 is 0 Å². The predicted molar refractivity (Wildman–Crippen MR) is 96.0 cm³/mol. The Bertz CT molecular complexity index is 883. The third kappa shape index (κ3) is 4.07. The standard InChI is InChI=1S/C19H17N3O4/c1-24-16-9-4-13(12-17(16)25-2)18(23)22-14-5-7-15(8-6-14)26-19-20-10-3-11-21-19/h3-12H,1-2H3,(H,22,23). The van der Waals surface area contributed by atoms with Crippen LogP contribution < -0.4 is 19.5 Å². The number of carbonyl (C=O) groups is 1. The highest BCUT2D eigenvalue weighted by Gasteiger charge is 2.11. The topological polar surface area (TPSA) is 82.6 Å². The molecule has 0 saturated carbocycles. The van der Waals surface area contributed by atoms with Crippen LogP contribution in [0.25, 0.3) is 0 Å². The number of hydrogen-bond acceptors (Lipinski definition) is 6. The quantitative estimate of drug-likeness (QED) is 0.731. The molecule has 0 unspecified atom stereocenters. The van der Waals surface area contributed by atoms with Crippen LogP contribution in [0.15, 0.2) is 60.9 Å². The minimum absolute atomic E-state index is 0.258. The fraction of sp³-hybridized carbons (Fsp3) is 0.105. The molecule has 1 heterocycles. The molecular formula is C19H17N3O4. The van der Waals surface area contributed by atoms with Crippen molar-refractivity contribution in [2.45, 2.75) is 0 Å². The second kappa shape index (κ2) is 7.98. The van der Waals surface area contributed by atoms with Gasteiger partial charge in [0.1, 0.15) is 5.75 Å². The van der Waals surface area contributed by atoms with Gasteiger partial charge in [0, 0.05) is 23.6 Å². The highest BCUT2D eigenvalue weighted by atomic mass is 16.5. The summed E-state index contributed by atoms with van der Waals surface area (Å²) < 4.78 is 15.9. The summed E-state index contributed by atoms with van der Waals surface area (Å²) in [5.41, 5.74) is 1.09. The van der Waals surface area contributed by atoms with Crippen molar-refractivity contribution in [1.82, 2.24) is 9.97 Å². The lowest BCUT2D eigenvalue weighted by atomic mass is 10.2. The van der Waals surface area contributed by atoms with Crippen LogP contribution in [0, 0.1) is 0 Å². The Morgan fingerprint density at radius 3 is 2.27 bits per heavy atom. The number of methoxy groups -OCH3 is 2. The molecule has 0 aliphatic heterocycles. The number of benzene rings is 2. The van der Waals surface area contributed by atoms with Crippen LogP contribution in [0.4, 0.5) is 5.69 Å². The Balaban J connectivity index is 1.68. The van der Waals surface area contributed by atoms with Gasteiger partial charge in [-0.15, -0.1) is 0 Å². The van der Waals surface area contributed by atoms with E-state index in [4.69, 9.17) is 14.2 Å². The summed E-state index contributed by atoms with van der Waals surface area (Å²) in [6, 6.07) is 13.9. The lowest BCUT2D eigenvalue weighted by molar-refractivity contribution is 0.102. The van der Waals surface area contributed by atoms with E-state index in [0.717, 1.165) is 0 Å². The summed E-state index contributed by atoms with van der Waals surface area (Å²) in [5, 5.41) is 2.82. The summed E-state index contributed by atoms with van der Waals surface area (Å²) in [4.78, 5) is 20.4. The van der Waals surface area contributed by atoms with E-state index in [2.05, 4.69) is 15.3 Å². The number of hydrogen-bond donors (Lipinski definition) is 1. The predicted octanol–water partition coefficient (Wildman–Crippen LogP) is 3.54. The van der Waals surface area contributed by atoms with E-state index in [1.807, 2.05) is 0 Å². The molecule has 3 rings (SSSR count). The molecule has 0 atom stereocenters. The highest BCUT2D eigenvalue weighted by molar-refractivity contribution is 6.04. The van der Waals surface area contributed by atoms with Crippen molar-refractivity contribution >= 4 is 11.6 Å². The molecule has 1 aromatic heterocycles. The van der Waals surface area contributed by atoms with Crippen LogP contribution in [0.3, 0.4) is 0 Å². The van der Waals surface area contributed by atoms with Gasteiger partial charge in [-0.05, 0) is 48.5 Å². The molecule has 0 aliphatic carbocycles. The highest BCUT2D eigenvalue weighted by Crippen LogP contribution is 2.28. The number of aromatic nitrogens is 2. The molecule has 0 spiro atoms. The minimum Gasteiger partial charge on any atom is -0.493 e. The van der Waals surface area contributed by atoms with E-state index in [0.29, 0.717) is 28.5 Å². The lowest BCUT2D eigenvalue weighted by Crippen LogP contribution is -2.12. The molecule has 7 heteroatoms. The lowest BCUT2D eigenvalue weighted by Gasteiger charge is -2.10. The number of anilines is 1. The largest absolute Gasteiger partial charge is 0.493 e. The third-order valence-electron chi connectivity index (χ3n) is 3.51. The molecule has 0 saturated heterocycles. The van der Waals surface area contributed by atoms with Gasteiger partial charge in [-0.1, -0.05) is 0 Å². The monoisotopic (exact) mass is 351 g/mol. The van der Waals surface area contributed by atoms with Gasteiger partial charge in [-0.25, -0.2) is 9.97 Å². The van der Waals surface area contributed by atoms with Crippen LogP contribution in [-0.2, 0) is 0 Å². The zero-order chi connectivity index (χ0) is 18.4. The van der Waals surface area contributed by atoms with Gasteiger partial charge in [0.25, 0.3) is 5.91 Å². The number of ether oxygens (including phenoxy) is 3. The Hall–Kier alpha value is -3.61. The molecule has 1 N–H and O–H groups in total. The van der Waals surface area contributed by atoms with Crippen molar-refractivity contribution in [2.75, 3.05) is 19.5 Å². The van der Waals surface area contributed by atoms with Crippen LogP contribution in [0.1, 0.15) is 10.4 Å². The smallest absolute Gasteiger partial charge is 0.321 e. The number of carbonyl (C=O) groups excluding carboxylic acids is 1. The average molecular weight is 351 g/mol. The summed E-state index contributed by atoms with van der Waals surface area (Å²) in [6.45, 7) is 0. The van der Waals surface area contributed by atoms with Crippen LogP contribution in [0.5, 0.6) is 23.3 Å². The van der Waals surface area contributed by atoms with Crippen molar-refractivity contribution in [3.05, 3.63) is 66.5 Å². The summed E-state index contributed by atoms with van der Waals surface area (Å²) in [5.74, 6) is 1.37. The normalized spacial score (nSPS) is 10.1. The first kappa shape index (κ1) is 17.2. The molecular weight excluding hydrogens is 334 g/mol. The molecule has 132 valence electrons. The van der Waals surface area contributed by atoms with E-state index in [-0.39, 0.29) is 11.9 Å².